The lowest BCUT2D eigenvalue weighted by molar-refractivity contribution is 0.0282. The lowest BCUT2D eigenvalue weighted by atomic mass is 10.2. The van der Waals surface area contributed by atoms with Crippen molar-refractivity contribution < 1.29 is 4.74 Å². The number of nitrogens with one attached hydrogen (secondary N) is 2. The first-order chi connectivity index (χ1) is 8.31. The molecule has 2 aromatic heterocycles. The molecule has 1 aliphatic rings. The van der Waals surface area contributed by atoms with Gasteiger partial charge in [0.05, 0.1) is 18.2 Å². The number of ether oxygens (including phenoxy) is 1. The third-order valence-corrected chi connectivity index (χ3v) is 3.21. The van der Waals surface area contributed by atoms with Crippen molar-refractivity contribution in [2.24, 2.45) is 0 Å². The molecule has 3 heterocycles. The molecule has 1 saturated heterocycles. The number of rotatable bonds is 2. The Morgan fingerprint density at radius 3 is 3.29 bits per heavy atom. The minimum absolute atomic E-state index is 0.202. The first-order valence-electron chi connectivity index (χ1n) is 5.64. The molecule has 0 aliphatic carbocycles. The first-order valence-corrected chi connectivity index (χ1v) is 6.43. The fourth-order valence-corrected chi connectivity index (χ4v) is 2.32. The second-order valence-corrected chi connectivity index (χ2v) is 5.02. The molecule has 3 rings (SSSR count). The Morgan fingerprint density at radius 2 is 2.47 bits per heavy atom. The number of fused-ring (bicyclic) bond motifs is 1. The van der Waals surface area contributed by atoms with Crippen LogP contribution in [0.3, 0.4) is 0 Å². The molecule has 17 heavy (non-hydrogen) atoms. The fraction of sp³-hybridized carbons (Fsp3) is 0.455. The van der Waals surface area contributed by atoms with Crippen molar-refractivity contribution >= 4 is 27.1 Å². The zero-order chi connectivity index (χ0) is 11.7. The quantitative estimate of drug-likeness (QED) is 0.876. The molecule has 1 atom stereocenters. The van der Waals surface area contributed by atoms with Crippen LogP contribution in [0.4, 0.5) is 0 Å². The molecule has 0 saturated carbocycles. The van der Waals surface area contributed by atoms with Gasteiger partial charge in [-0.3, -0.25) is 0 Å². The molecule has 1 unspecified atom stereocenters. The van der Waals surface area contributed by atoms with Gasteiger partial charge in [-0.25, -0.2) is 9.97 Å². The van der Waals surface area contributed by atoms with Crippen molar-refractivity contribution in [2.45, 2.75) is 12.5 Å². The van der Waals surface area contributed by atoms with E-state index in [1.807, 2.05) is 6.07 Å². The SMILES string of the molecule is Brc1cnc2nc(CC3CNCCO3)[nH]c2c1. The van der Waals surface area contributed by atoms with Crippen molar-refractivity contribution in [3.63, 3.8) is 0 Å². The van der Waals surface area contributed by atoms with Gasteiger partial charge >= 0.3 is 0 Å². The number of hydrogen-bond acceptors (Lipinski definition) is 4. The molecular weight excluding hydrogens is 284 g/mol. The summed E-state index contributed by atoms with van der Waals surface area (Å²) in [7, 11) is 0. The van der Waals surface area contributed by atoms with Crippen LogP contribution in [-0.2, 0) is 11.2 Å². The van der Waals surface area contributed by atoms with E-state index < -0.39 is 0 Å². The predicted octanol–water partition coefficient (Wildman–Crippen LogP) is 1.25. The molecule has 5 nitrogen and oxygen atoms in total. The van der Waals surface area contributed by atoms with Crippen molar-refractivity contribution in [3.05, 3.63) is 22.6 Å². The molecule has 0 bridgehead atoms. The summed E-state index contributed by atoms with van der Waals surface area (Å²) >= 11 is 3.40. The summed E-state index contributed by atoms with van der Waals surface area (Å²) in [5.41, 5.74) is 1.71. The normalized spacial score (nSPS) is 20.9. The van der Waals surface area contributed by atoms with E-state index in [1.165, 1.54) is 0 Å². The summed E-state index contributed by atoms with van der Waals surface area (Å²) in [4.78, 5) is 12.0. The topological polar surface area (TPSA) is 62.8 Å². The van der Waals surface area contributed by atoms with Crippen LogP contribution in [0, 0.1) is 0 Å². The minimum atomic E-state index is 0.202. The van der Waals surface area contributed by atoms with E-state index in [-0.39, 0.29) is 6.10 Å². The molecule has 1 aliphatic heterocycles. The van der Waals surface area contributed by atoms with E-state index in [9.17, 15) is 0 Å². The molecule has 2 N–H and O–H groups in total. The molecule has 0 spiro atoms. The molecule has 0 aromatic carbocycles. The molecule has 0 amide bonds. The standard InChI is InChI=1S/C11H13BrN4O/c12-7-3-9-11(14-5-7)16-10(15-9)4-8-6-13-1-2-17-8/h3,5,8,13H,1-2,4,6H2,(H,14,15,16). The number of aromatic amines is 1. The van der Waals surface area contributed by atoms with Crippen molar-refractivity contribution in [2.75, 3.05) is 19.7 Å². The Bertz CT molecular complexity index is 521. The van der Waals surface area contributed by atoms with Gasteiger partial charge in [0, 0.05) is 30.2 Å². The zero-order valence-electron chi connectivity index (χ0n) is 9.24. The second-order valence-electron chi connectivity index (χ2n) is 4.11. The largest absolute Gasteiger partial charge is 0.375 e. The molecule has 90 valence electrons. The van der Waals surface area contributed by atoms with Gasteiger partial charge in [-0.15, -0.1) is 0 Å². The van der Waals surface area contributed by atoms with Gasteiger partial charge in [0.25, 0.3) is 0 Å². The first kappa shape index (κ1) is 11.1. The van der Waals surface area contributed by atoms with Gasteiger partial charge in [0.15, 0.2) is 5.65 Å². The molecule has 0 radical (unpaired) electrons. The van der Waals surface area contributed by atoms with E-state index >= 15 is 0 Å². The maximum Gasteiger partial charge on any atom is 0.177 e. The minimum Gasteiger partial charge on any atom is -0.375 e. The van der Waals surface area contributed by atoms with Crippen LogP contribution in [-0.4, -0.2) is 40.8 Å². The second kappa shape index (κ2) is 4.72. The van der Waals surface area contributed by atoms with Crippen LogP contribution >= 0.6 is 15.9 Å². The highest BCUT2D eigenvalue weighted by atomic mass is 79.9. The molecule has 6 heteroatoms. The number of H-pyrrole nitrogens is 1. The Hall–Kier alpha value is -0.980. The molecule has 2 aromatic rings. The lowest BCUT2D eigenvalue weighted by Crippen LogP contribution is -2.39. The maximum atomic E-state index is 5.65. The Morgan fingerprint density at radius 1 is 1.53 bits per heavy atom. The van der Waals surface area contributed by atoms with Gasteiger partial charge in [0.1, 0.15) is 5.82 Å². The lowest BCUT2D eigenvalue weighted by Gasteiger charge is -2.22. The molecule has 1 fully saturated rings. The predicted molar refractivity (Wildman–Crippen MR) is 67.9 cm³/mol. The van der Waals surface area contributed by atoms with Gasteiger partial charge in [-0.05, 0) is 22.0 Å². The third-order valence-electron chi connectivity index (χ3n) is 2.78. The van der Waals surface area contributed by atoms with E-state index in [4.69, 9.17) is 4.74 Å². The molecular formula is C11H13BrN4O. The van der Waals surface area contributed by atoms with Gasteiger partial charge in [-0.2, -0.15) is 0 Å². The summed E-state index contributed by atoms with van der Waals surface area (Å²) in [5.74, 6) is 0.930. The number of halogens is 1. The summed E-state index contributed by atoms with van der Waals surface area (Å²) in [6, 6.07) is 1.98. The highest BCUT2D eigenvalue weighted by molar-refractivity contribution is 9.10. The van der Waals surface area contributed by atoms with E-state index in [2.05, 4.69) is 36.2 Å². The fourth-order valence-electron chi connectivity index (χ4n) is 1.99. The van der Waals surface area contributed by atoms with Crippen molar-refractivity contribution in [1.82, 2.24) is 20.3 Å². The van der Waals surface area contributed by atoms with Crippen LogP contribution in [0.2, 0.25) is 0 Å². The average molecular weight is 297 g/mol. The maximum absolute atomic E-state index is 5.65. The van der Waals surface area contributed by atoms with E-state index in [1.54, 1.807) is 6.20 Å². The number of hydrogen-bond donors (Lipinski definition) is 2. The number of imidazole rings is 1. The van der Waals surface area contributed by atoms with Crippen LogP contribution in [0.15, 0.2) is 16.7 Å². The van der Waals surface area contributed by atoms with Gasteiger partial charge in [-0.1, -0.05) is 0 Å². The Balaban J connectivity index is 1.80. The van der Waals surface area contributed by atoms with Crippen molar-refractivity contribution in [1.29, 1.82) is 0 Å². The van der Waals surface area contributed by atoms with Crippen LogP contribution in [0.1, 0.15) is 5.82 Å². The number of nitrogens with zero attached hydrogens (tertiary/aromatic N) is 2. The average Bonchev–Trinajstić information content (AvgIpc) is 2.71. The van der Waals surface area contributed by atoms with Gasteiger partial charge < -0.3 is 15.0 Å². The zero-order valence-corrected chi connectivity index (χ0v) is 10.8. The van der Waals surface area contributed by atoms with Crippen LogP contribution < -0.4 is 5.32 Å². The highest BCUT2D eigenvalue weighted by Crippen LogP contribution is 2.16. The number of morpholine rings is 1. The highest BCUT2D eigenvalue weighted by Gasteiger charge is 2.16. The summed E-state index contributed by atoms with van der Waals surface area (Å²) in [5, 5.41) is 3.31. The van der Waals surface area contributed by atoms with Gasteiger partial charge in [0.2, 0.25) is 0 Å². The Labute approximate surface area is 107 Å². The Kier molecular flexibility index (Phi) is 3.09. The van der Waals surface area contributed by atoms with E-state index in [0.717, 1.165) is 47.6 Å². The monoisotopic (exact) mass is 296 g/mol. The van der Waals surface area contributed by atoms with E-state index in [0.29, 0.717) is 0 Å². The summed E-state index contributed by atoms with van der Waals surface area (Å²) in [6.45, 7) is 2.59. The van der Waals surface area contributed by atoms with Crippen LogP contribution in [0.5, 0.6) is 0 Å². The number of pyridine rings is 1. The number of aromatic nitrogens is 3. The van der Waals surface area contributed by atoms with Crippen molar-refractivity contribution in [3.8, 4) is 0 Å². The third kappa shape index (κ3) is 2.48. The summed E-state index contributed by atoms with van der Waals surface area (Å²) < 4.78 is 6.60. The summed E-state index contributed by atoms with van der Waals surface area (Å²) in [6.07, 6.45) is 2.75. The van der Waals surface area contributed by atoms with Crippen LogP contribution in [0.25, 0.3) is 11.2 Å². The smallest absolute Gasteiger partial charge is 0.177 e.